The van der Waals surface area contributed by atoms with Crippen LogP contribution < -0.4 is 0 Å². The van der Waals surface area contributed by atoms with E-state index in [0.29, 0.717) is 12.2 Å². The van der Waals surface area contributed by atoms with Gasteiger partial charge in [0.1, 0.15) is 11.4 Å². The first-order valence-electron chi connectivity index (χ1n) is 8.19. The molecule has 1 heterocycles. The van der Waals surface area contributed by atoms with Crippen molar-refractivity contribution in [2.75, 3.05) is 20.6 Å². The van der Waals surface area contributed by atoms with Gasteiger partial charge in [-0.25, -0.2) is 4.39 Å². The lowest BCUT2D eigenvalue weighted by molar-refractivity contribution is -0.00554. The summed E-state index contributed by atoms with van der Waals surface area (Å²) >= 11 is 2.45. The maximum absolute atomic E-state index is 13.5. The molecule has 0 bridgehead atoms. The number of hydrogen-bond acceptors (Lipinski definition) is 3. The van der Waals surface area contributed by atoms with Crippen LogP contribution in [0, 0.1) is 17.1 Å². The molecule has 5 heteroatoms. The fraction of sp³-hybridized carbons (Fsp3) is 0.350. The Morgan fingerprint density at radius 1 is 1.28 bits per heavy atom. The Morgan fingerprint density at radius 3 is 2.64 bits per heavy atom. The van der Waals surface area contributed by atoms with E-state index in [9.17, 15) is 4.39 Å². The van der Waals surface area contributed by atoms with Crippen molar-refractivity contribution in [3.05, 3.63) is 70.5 Å². The SMILES string of the molecule is CN(C)CCC(I)[C@@]1(c2ccc(F)cc2)OCc2cc(C#N)ccc21. The zero-order chi connectivity index (χ0) is 18.0. The van der Waals surface area contributed by atoms with E-state index >= 15 is 0 Å². The highest BCUT2D eigenvalue weighted by Gasteiger charge is 2.47. The highest BCUT2D eigenvalue weighted by molar-refractivity contribution is 14.1. The third kappa shape index (κ3) is 3.43. The van der Waals surface area contributed by atoms with Gasteiger partial charge >= 0.3 is 0 Å². The summed E-state index contributed by atoms with van der Waals surface area (Å²) in [4.78, 5) is 2.15. The number of benzene rings is 2. The van der Waals surface area contributed by atoms with Gasteiger partial charge in [0.2, 0.25) is 0 Å². The summed E-state index contributed by atoms with van der Waals surface area (Å²) in [6, 6.07) is 14.5. The molecule has 2 aromatic rings. The van der Waals surface area contributed by atoms with E-state index in [2.05, 4.69) is 47.7 Å². The van der Waals surface area contributed by atoms with Crippen LogP contribution in [-0.4, -0.2) is 29.5 Å². The van der Waals surface area contributed by atoms with Crippen molar-refractivity contribution in [3.63, 3.8) is 0 Å². The Labute approximate surface area is 161 Å². The minimum absolute atomic E-state index is 0.173. The van der Waals surface area contributed by atoms with Crippen LogP contribution in [0.4, 0.5) is 4.39 Å². The molecule has 0 N–H and O–H groups in total. The van der Waals surface area contributed by atoms with E-state index in [0.717, 1.165) is 29.7 Å². The Bertz CT molecular complexity index is 800. The van der Waals surface area contributed by atoms with Crippen LogP contribution in [-0.2, 0) is 16.9 Å². The molecule has 0 saturated carbocycles. The van der Waals surface area contributed by atoms with Crippen LogP contribution in [0.5, 0.6) is 0 Å². The molecule has 25 heavy (non-hydrogen) atoms. The lowest BCUT2D eigenvalue weighted by Gasteiger charge is -2.36. The normalized spacial score (nSPS) is 20.3. The Kier molecular flexibility index (Phi) is 5.42. The quantitative estimate of drug-likeness (QED) is 0.506. The first-order chi connectivity index (χ1) is 12.0. The van der Waals surface area contributed by atoms with Crippen LogP contribution in [0.25, 0.3) is 0 Å². The molecule has 0 aromatic heterocycles. The van der Waals surface area contributed by atoms with E-state index in [1.165, 1.54) is 12.1 Å². The van der Waals surface area contributed by atoms with Crippen molar-refractivity contribution in [1.82, 2.24) is 4.90 Å². The molecule has 0 saturated heterocycles. The number of hydrogen-bond donors (Lipinski definition) is 0. The molecule has 2 aromatic carbocycles. The van der Waals surface area contributed by atoms with Gasteiger partial charge in [-0.1, -0.05) is 40.8 Å². The van der Waals surface area contributed by atoms with Crippen LogP contribution in [0.1, 0.15) is 28.7 Å². The molecule has 0 fully saturated rings. The van der Waals surface area contributed by atoms with Crippen LogP contribution in [0.2, 0.25) is 0 Å². The topological polar surface area (TPSA) is 36.3 Å². The molecule has 3 nitrogen and oxygen atoms in total. The highest BCUT2D eigenvalue weighted by atomic mass is 127. The highest BCUT2D eigenvalue weighted by Crippen LogP contribution is 2.48. The standard InChI is InChI=1S/C20H20FIN2O/c1-24(2)10-9-19(22)20(16-4-6-17(21)7-5-16)18-8-3-14(12-23)11-15(18)13-25-20/h3-8,11,19H,9-10,13H2,1-2H3/t19?,20-/m0/s1. The number of halogens is 2. The van der Waals surface area contributed by atoms with Crippen molar-refractivity contribution in [2.45, 2.75) is 22.6 Å². The zero-order valence-electron chi connectivity index (χ0n) is 14.3. The summed E-state index contributed by atoms with van der Waals surface area (Å²) in [6.07, 6.45) is 0.935. The Balaban J connectivity index is 2.09. The summed E-state index contributed by atoms with van der Waals surface area (Å²) in [6.45, 7) is 1.40. The van der Waals surface area contributed by atoms with Crippen molar-refractivity contribution in [1.29, 1.82) is 5.26 Å². The molecule has 130 valence electrons. The summed E-state index contributed by atoms with van der Waals surface area (Å²) < 4.78 is 20.0. The first kappa shape index (κ1) is 18.3. The molecular formula is C20H20FIN2O. The molecule has 0 aliphatic carbocycles. The number of nitriles is 1. The monoisotopic (exact) mass is 450 g/mol. The minimum Gasteiger partial charge on any atom is -0.360 e. The zero-order valence-corrected chi connectivity index (χ0v) is 16.5. The van der Waals surface area contributed by atoms with Gasteiger partial charge < -0.3 is 9.64 Å². The van der Waals surface area contributed by atoms with E-state index < -0.39 is 5.60 Å². The van der Waals surface area contributed by atoms with Gasteiger partial charge in [0.15, 0.2) is 0 Å². The van der Waals surface area contributed by atoms with Gasteiger partial charge in [-0.05, 0) is 68.0 Å². The minimum atomic E-state index is -0.617. The lowest BCUT2D eigenvalue weighted by Crippen LogP contribution is -2.38. The first-order valence-corrected chi connectivity index (χ1v) is 9.44. The average molecular weight is 450 g/mol. The maximum Gasteiger partial charge on any atom is 0.131 e. The largest absolute Gasteiger partial charge is 0.360 e. The number of fused-ring (bicyclic) bond motifs is 1. The van der Waals surface area contributed by atoms with Gasteiger partial charge in [0.25, 0.3) is 0 Å². The second kappa shape index (κ2) is 7.40. The number of nitrogens with zero attached hydrogens (tertiary/aromatic N) is 2. The number of rotatable bonds is 5. The van der Waals surface area contributed by atoms with Gasteiger partial charge in [0.05, 0.1) is 18.2 Å². The number of alkyl halides is 1. The second-order valence-electron chi connectivity index (χ2n) is 6.57. The summed E-state index contributed by atoms with van der Waals surface area (Å²) in [7, 11) is 4.10. The molecule has 1 unspecified atom stereocenters. The molecule has 0 spiro atoms. The molecule has 2 atom stereocenters. The fourth-order valence-electron chi connectivity index (χ4n) is 3.37. The van der Waals surface area contributed by atoms with Gasteiger partial charge in [-0.2, -0.15) is 5.26 Å². The molecule has 1 aliphatic heterocycles. The van der Waals surface area contributed by atoms with Gasteiger partial charge in [-0.3, -0.25) is 0 Å². The van der Waals surface area contributed by atoms with Crippen LogP contribution >= 0.6 is 22.6 Å². The predicted molar refractivity (Wildman–Crippen MR) is 104 cm³/mol. The van der Waals surface area contributed by atoms with Crippen LogP contribution in [0.15, 0.2) is 42.5 Å². The fourth-order valence-corrected chi connectivity index (χ4v) is 4.52. The third-order valence-electron chi connectivity index (χ3n) is 4.63. The molecule has 1 aliphatic rings. The van der Waals surface area contributed by atoms with Crippen molar-refractivity contribution < 1.29 is 9.13 Å². The molecule has 0 amide bonds. The maximum atomic E-state index is 13.5. The second-order valence-corrected chi connectivity index (χ2v) is 8.08. The number of ether oxygens (including phenoxy) is 1. The third-order valence-corrected chi connectivity index (χ3v) is 6.13. The summed E-state index contributed by atoms with van der Waals surface area (Å²) in [5.41, 5.74) is 3.09. The molecule has 0 radical (unpaired) electrons. The smallest absolute Gasteiger partial charge is 0.131 e. The Hall–Kier alpha value is -1.49. The van der Waals surface area contributed by atoms with E-state index in [1.807, 2.05) is 30.3 Å². The van der Waals surface area contributed by atoms with Gasteiger partial charge in [0, 0.05) is 3.92 Å². The molecule has 3 rings (SSSR count). The van der Waals surface area contributed by atoms with Crippen molar-refractivity contribution in [2.24, 2.45) is 0 Å². The van der Waals surface area contributed by atoms with E-state index in [1.54, 1.807) is 0 Å². The van der Waals surface area contributed by atoms with Gasteiger partial charge in [-0.15, -0.1) is 0 Å². The predicted octanol–water partition coefficient (Wildman–Crippen LogP) is 4.23. The van der Waals surface area contributed by atoms with E-state index in [4.69, 9.17) is 10.00 Å². The summed E-state index contributed by atoms with van der Waals surface area (Å²) in [5.74, 6) is -0.254. The molecular weight excluding hydrogens is 430 g/mol. The van der Waals surface area contributed by atoms with E-state index in [-0.39, 0.29) is 9.74 Å². The Morgan fingerprint density at radius 2 is 2.00 bits per heavy atom. The lowest BCUT2D eigenvalue weighted by atomic mass is 9.81. The van der Waals surface area contributed by atoms with Crippen molar-refractivity contribution in [3.8, 4) is 6.07 Å². The summed E-state index contributed by atoms with van der Waals surface area (Å²) in [5, 5.41) is 9.16. The van der Waals surface area contributed by atoms with Crippen molar-refractivity contribution >= 4 is 22.6 Å². The average Bonchev–Trinajstić information content (AvgIpc) is 3.00. The van der Waals surface area contributed by atoms with Crippen LogP contribution in [0.3, 0.4) is 0 Å².